The van der Waals surface area contributed by atoms with Gasteiger partial charge in [-0.15, -0.1) is 0 Å². The summed E-state index contributed by atoms with van der Waals surface area (Å²) in [5, 5.41) is 9.26. The third-order valence-corrected chi connectivity index (χ3v) is 4.87. The number of sulfonamides is 1. The van der Waals surface area contributed by atoms with Crippen molar-refractivity contribution in [2.45, 2.75) is 30.7 Å². The van der Waals surface area contributed by atoms with Gasteiger partial charge in [-0.25, -0.2) is 8.42 Å². The number of benzene rings is 2. The van der Waals surface area contributed by atoms with Gasteiger partial charge < -0.3 is 4.74 Å². The van der Waals surface area contributed by atoms with Crippen molar-refractivity contribution in [2.75, 3.05) is 6.61 Å². The van der Waals surface area contributed by atoms with E-state index in [1.165, 1.54) is 12.1 Å². The van der Waals surface area contributed by atoms with Crippen LogP contribution in [0.1, 0.15) is 31.4 Å². The van der Waals surface area contributed by atoms with Gasteiger partial charge in [0.15, 0.2) is 0 Å². The average molecular weight is 344 g/mol. The fraction of sp³-hybridized carbons (Fsp3) is 0.278. The summed E-state index contributed by atoms with van der Waals surface area (Å²) in [6, 6.07) is 16.0. The van der Waals surface area contributed by atoms with Crippen LogP contribution in [0.2, 0.25) is 0 Å². The molecule has 126 valence electrons. The molecule has 0 saturated carbocycles. The van der Waals surface area contributed by atoms with Crippen molar-refractivity contribution < 1.29 is 13.2 Å². The standard InChI is InChI=1S/C18H20N2O3S/c1-2-3-13-23-16-9-11-17(12-10-16)24(21,22)20-18(14-19)15-7-5-4-6-8-15/h4-12,18,20H,2-3,13H2,1H3. The number of unbranched alkanes of at least 4 members (excludes halogenated alkanes) is 1. The Labute approximate surface area is 142 Å². The van der Waals surface area contributed by atoms with Gasteiger partial charge in [0.1, 0.15) is 11.8 Å². The fourth-order valence-electron chi connectivity index (χ4n) is 2.09. The Morgan fingerprint density at radius 1 is 1.12 bits per heavy atom. The third-order valence-electron chi connectivity index (χ3n) is 3.44. The Balaban J connectivity index is 2.11. The topological polar surface area (TPSA) is 79.2 Å². The average Bonchev–Trinajstić information content (AvgIpc) is 2.61. The van der Waals surface area contributed by atoms with Crippen molar-refractivity contribution in [3.05, 3.63) is 60.2 Å². The first-order valence-corrected chi connectivity index (χ1v) is 9.25. The van der Waals surface area contributed by atoms with Crippen molar-refractivity contribution >= 4 is 10.0 Å². The molecular formula is C18H20N2O3S. The van der Waals surface area contributed by atoms with Gasteiger partial charge in [-0.1, -0.05) is 43.7 Å². The minimum absolute atomic E-state index is 0.0986. The molecule has 1 atom stereocenters. The molecular weight excluding hydrogens is 324 g/mol. The summed E-state index contributed by atoms with van der Waals surface area (Å²) in [7, 11) is -3.79. The monoisotopic (exact) mass is 344 g/mol. The molecule has 0 saturated heterocycles. The Morgan fingerprint density at radius 2 is 1.79 bits per heavy atom. The predicted molar refractivity (Wildman–Crippen MR) is 92.0 cm³/mol. The highest BCUT2D eigenvalue weighted by Gasteiger charge is 2.21. The van der Waals surface area contributed by atoms with E-state index < -0.39 is 16.1 Å². The van der Waals surface area contributed by atoms with Crippen LogP contribution in [0.4, 0.5) is 0 Å². The van der Waals surface area contributed by atoms with Crippen molar-refractivity contribution in [3.63, 3.8) is 0 Å². The number of hydrogen-bond acceptors (Lipinski definition) is 4. The Morgan fingerprint density at radius 3 is 2.38 bits per heavy atom. The van der Waals surface area contributed by atoms with E-state index in [2.05, 4.69) is 11.6 Å². The molecule has 0 spiro atoms. The first-order chi connectivity index (χ1) is 11.6. The smallest absolute Gasteiger partial charge is 0.242 e. The molecule has 0 radical (unpaired) electrons. The van der Waals surface area contributed by atoms with Crippen LogP contribution in [0.5, 0.6) is 5.75 Å². The molecule has 0 aliphatic rings. The highest BCUT2D eigenvalue weighted by Crippen LogP contribution is 2.19. The zero-order valence-corrected chi connectivity index (χ0v) is 14.3. The molecule has 0 fully saturated rings. The van der Waals surface area contributed by atoms with Crippen LogP contribution in [0.15, 0.2) is 59.5 Å². The lowest BCUT2D eigenvalue weighted by Gasteiger charge is -2.13. The molecule has 5 nitrogen and oxygen atoms in total. The maximum Gasteiger partial charge on any atom is 0.242 e. The molecule has 1 N–H and O–H groups in total. The zero-order valence-electron chi connectivity index (χ0n) is 13.5. The van der Waals surface area contributed by atoms with Gasteiger partial charge in [-0.2, -0.15) is 9.98 Å². The molecule has 2 aromatic carbocycles. The molecule has 0 amide bonds. The van der Waals surface area contributed by atoms with E-state index in [1.54, 1.807) is 36.4 Å². The van der Waals surface area contributed by atoms with Crippen LogP contribution in [0.25, 0.3) is 0 Å². The summed E-state index contributed by atoms with van der Waals surface area (Å²) in [4.78, 5) is 0.0986. The largest absolute Gasteiger partial charge is 0.494 e. The summed E-state index contributed by atoms with van der Waals surface area (Å²) in [6.07, 6.45) is 1.98. The normalized spacial score (nSPS) is 12.3. The molecule has 0 heterocycles. The van der Waals surface area contributed by atoms with Crippen LogP contribution >= 0.6 is 0 Å². The summed E-state index contributed by atoms with van der Waals surface area (Å²) in [5.74, 6) is 0.627. The third kappa shape index (κ3) is 4.82. The van der Waals surface area contributed by atoms with Gasteiger partial charge in [0, 0.05) is 0 Å². The summed E-state index contributed by atoms with van der Waals surface area (Å²) >= 11 is 0. The van der Waals surface area contributed by atoms with Crippen molar-refractivity contribution in [1.82, 2.24) is 4.72 Å². The Kier molecular flexibility index (Phi) is 6.36. The molecule has 2 rings (SSSR count). The van der Waals surface area contributed by atoms with E-state index in [1.807, 2.05) is 12.1 Å². The quantitative estimate of drug-likeness (QED) is 0.744. The van der Waals surface area contributed by atoms with Gasteiger partial charge in [0.2, 0.25) is 10.0 Å². The minimum Gasteiger partial charge on any atom is -0.494 e. The fourth-order valence-corrected chi connectivity index (χ4v) is 3.22. The molecule has 0 aromatic heterocycles. The molecule has 1 unspecified atom stereocenters. The van der Waals surface area contributed by atoms with Gasteiger partial charge in [0.05, 0.1) is 17.6 Å². The number of nitrogens with zero attached hydrogens (tertiary/aromatic N) is 1. The maximum atomic E-state index is 12.4. The highest BCUT2D eigenvalue weighted by molar-refractivity contribution is 7.89. The van der Waals surface area contributed by atoms with Crippen molar-refractivity contribution in [1.29, 1.82) is 5.26 Å². The summed E-state index contributed by atoms with van der Waals surface area (Å²) < 4.78 is 32.8. The maximum absolute atomic E-state index is 12.4. The van der Waals surface area contributed by atoms with Crippen molar-refractivity contribution in [3.8, 4) is 11.8 Å². The lowest BCUT2D eigenvalue weighted by atomic mass is 10.1. The molecule has 24 heavy (non-hydrogen) atoms. The van der Waals surface area contributed by atoms with Crippen LogP contribution in [0.3, 0.4) is 0 Å². The molecule has 0 bridgehead atoms. The highest BCUT2D eigenvalue weighted by atomic mass is 32.2. The first-order valence-electron chi connectivity index (χ1n) is 7.76. The number of nitrogens with one attached hydrogen (secondary N) is 1. The van der Waals surface area contributed by atoms with E-state index in [0.717, 1.165) is 12.8 Å². The van der Waals surface area contributed by atoms with E-state index >= 15 is 0 Å². The van der Waals surface area contributed by atoms with E-state index in [9.17, 15) is 13.7 Å². The molecule has 0 aliphatic carbocycles. The lowest BCUT2D eigenvalue weighted by Crippen LogP contribution is -2.27. The van der Waals surface area contributed by atoms with Crippen LogP contribution in [-0.4, -0.2) is 15.0 Å². The first kappa shape index (κ1) is 18.0. The molecule has 2 aromatic rings. The summed E-state index contributed by atoms with van der Waals surface area (Å²) in [5.41, 5.74) is 0.600. The number of hydrogen-bond donors (Lipinski definition) is 1. The van der Waals surface area contributed by atoms with Crippen molar-refractivity contribution in [2.24, 2.45) is 0 Å². The molecule has 0 aliphatic heterocycles. The van der Waals surface area contributed by atoms with Gasteiger partial charge in [-0.3, -0.25) is 0 Å². The van der Waals surface area contributed by atoms with Gasteiger partial charge in [0.25, 0.3) is 0 Å². The van der Waals surface area contributed by atoms with Crippen LogP contribution < -0.4 is 9.46 Å². The number of rotatable bonds is 8. The Hall–Kier alpha value is -2.36. The van der Waals surface area contributed by atoms with E-state index in [0.29, 0.717) is 17.9 Å². The van der Waals surface area contributed by atoms with Gasteiger partial charge in [-0.05, 0) is 36.2 Å². The lowest BCUT2D eigenvalue weighted by molar-refractivity contribution is 0.309. The Bertz CT molecular complexity index is 781. The second-order valence-corrected chi connectivity index (χ2v) is 6.98. The summed E-state index contributed by atoms with van der Waals surface area (Å²) in [6.45, 7) is 2.68. The van der Waals surface area contributed by atoms with E-state index in [4.69, 9.17) is 4.74 Å². The second kappa shape index (κ2) is 8.48. The zero-order chi connectivity index (χ0) is 17.4. The second-order valence-electron chi connectivity index (χ2n) is 5.27. The predicted octanol–water partition coefficient (Wildman–Crippen LogP) is 3.41. The van der Waals surface area contributed by atoms with Gasteiger partial charge >= 0.3 is 0 Å². The minimum atomic E-state index is -3.79. The number of ether oxygens (including phenoxy) is 1. The van der Waals surface area contributed by atoms with Crippen LogP contribution in [-0.2, 0) is 10.0 Å². The van der Waals surface area contributed by atoms with Crippen LogP contribution in [0, 0.1) is 11.3 Å². The SMILES string of the molecule is CCCCOc1ccc(S(=O)(=O)NC(C#N)c2ccccc2)cc1. The molecule has 6 heteroatoms. The van der Waals surface area contributed by atoms with E-state index in [-0.39, 0.29) is 4.90 Å². The number of nitriles is 1.